The first-order valence-electron chi connectivity index (χ1n) is 8.65. The fourth-order valence-electron chi connectivity index (χ4n) is 2.09. The van der Waals surface area contributed by atoms with Crippen LogP contribution in [0.15, 0.2) is 24.3 Å². The Morgan fingerprint density at radius 2 is 1.64 bits per heavy atom. The summed E-state index contributed by atoms with van der Waals surface area (Å²) in [5, 5.41) is 5.46. The van der Waals surface area contributed by atoms with Crippen LogP contribution in [0.3, 0.4) is 0 Å². The van der Waals surface area contributed by atoms with Crippen LogP contribution in [-0.4, -0.2) is 50.6 Å². The molecule has 1 aromatic carbocycles. The molecular weight excluding hydrogens is 318 g/mol. The van der Waals surface area contributed by atoms with Crippen LogP contribution in [0, 0.1) is 0 Å². The van der Waals surface area contributed by atoms with E-state index in [0.717, 1.165) is 5.75 Å². The maximum Gasteiger partial charge on any atom is 0.316 e. The van der Waals surface area contributed by atoms with Crippen molar-refractivity contribution < 1.29 is 14.3 Å². The Kier molecular flexibility index (Phi) is 8.25. The van der Waals surface area contributed by atoms with Gasteiger partial charge in [-0.15, -0.1) is 0 Å². The van der Waals surface area contributed by atoms with E-state index in [9.17, 15) is 9.59 Å². The van der Waals surface area contributed by atoms with Gasteiger partial charge < -0.3 is 20.3 Å². The van der Waals surface area contributed by atoms with Crippen LogP contribution < -0.4 is 15.4 Å². The molecule has 6 heteroatoms. The molecule has 0 aromatic heterocycles. The summed E-state index contributed by atoms with van der Waals surface area (Å²) in [5.74, 6) is 0.783. The number of benzene rings is 1. The molecular formula is C19H31N3O3. The van der Waals surface area contributed by atoms with E-state index in [1.165, 1.54) is 10.5 Å². The van der Waals surface area contributed by atoms with Gasteiger partial charge in [-0.3, -0.25) is 4.79 Å². The van der Waals surface area contributed by atoms with Crippen LogP contribution >= 0.6 is 0 Å². The summed E-state index contributed by atoms with van der Waals surface area (Å²) in [6, 6.07) is 7.91. The van der Waals surface area contributed by atoms with Gasteiger partial charge in [-0.1, -0.05) is 32.9 Å². The Bertz CT molecular complexity index is 548. The van der Waals surface area contributed by atoms with Gasteiger partial charge >= 0.3 is 6.03 Å². The highest BCUT2D eigenvalue weighted by Gasteiger charge is 2.12. The van der Waals surface area contributed by atoms with Crippen molar-refractivity contribution in [3.63, 3.8) is 0 Å². The lowest BCUT2D eigenvalue weighted by atomic mass is 9.87. The first-order chi connectivity index (χ1) is 11.7. The van der Waals surface area contributed by atoms with Crippen molar-refractivity contribution in [2.24, 2.45) is 0 Å². The number of nitrogens with zero attached hydrogens (tertiary/aromatic N) is 1. The number of rotatable bonds is 8. The highest BCUT2D eigenvalue weighted by atomic mass is 16.5. The number of amides is 3. The molecule has 0 aliphatic rings. The Balaban J connectivity index is 2.14. The molecule has 0 unspecified atom stereocenters. The highest BCUT2D eigenvalue weighted by Crippen LogP contribution is 2.24. The van der Waals surface area contributed by atoms with Crippen molar-refractivity contribution in [2.75, 3.05) is 33.8 Å². The number of carbonyl (C=O) groups is 2. The lowest BCUT2D eigenvalue weighted by Crippen LogP contribution is -2.39. The van der Waals surface area contributed by atoms with E-state index in [-0.39, 0.29) is 17.4 Å². The van der Waals surface area contributed by atoms with E-state index in [1.807, 2.05) is 12.1 Å². The average molecular weight is 349 g/mol. The number of hydrogen-bond donors (Lipinski definition) is 2. The Morgan fingerprint density at radius 3 is 2.20 bits per heavy atom. The van der Waals surface area contributed by atoms with Gasteiger partial charge in [0.2, 0.25) is 5.91 Å². The number of nitrogens with one attached hydrogen (secondary N) is 2. The number of ether oxygens (including phenoxy) is 1. The summed E-state index contributed by atoms with van der Waals surface area (Å²) in [7, 11) is 3.34. The summed E-state index contributed by atoms with van der Waals surface area (Å²) < 4.78 is 5.66. The van der Waals surface area contributed by atoms with Crippen molar-refractivity contribution >= 4 is 11.9 Å². The van der Waals surface area contributed by atoms with Crippen LogP contribution in [0.1, 0.15) is 39.2 Å². The quantitative estimate of drug-likeness (QED) is 0.709. The molecule has 0 atom stereocenters. The molecule has 1 aromatic rings. The molecule has 2 N–H and O–H groups in total. The van der Waals surface area contributed by atoms with Crippen LogP contribution in [0.2, 0.25) is 0 Å². The molecule has 6 nitrogen and oxygen atoms in total. The monoisotopic (exact) mass is 349 g/mol. The van der Waals surface area contributed by atoms with E-state index in [0.29, 0.717) is 32.5 Å². The fourth-order valence-corrected chi connectivity index (χ4v) is 2.09. The molecule has 3 amide bonds. The Morgan fingerprint density at radius 1 is 1.04 bits per heavy atom. The van der Waals surface area contributed by atoms with Crippen molar-refractivity contribution in [1.82, 2.24) is 15.5 Å². The minimum atomic E-state index is -0.167. The maximum absolute atomic E-state index is 11.7. The van der Waals surface area contributed by atoms with Crippen LogP contribution in [0.4, 0.5) is 4.79 Å². The van der Waals surface area contributed by atoms with Crippen molar-refractivity contribution in [3.05, 3.63) is 29.8 Å². The second-order valence-electron chi connectivity index (χ2n) is 7.20. The van der Waals surface area contributed by atoms with Crippen molar-refractivity contribution in [2.45, 2.75) is 39.0 Å². The third-order valence-electron chi connectivity index (χ3n) is 3.67. The zero-order valence-electron chi connectivity index (χ0n) is 16.0. The molecule has 140 valence electrons. The molecule has 0 saturated heterocycles. The maximum atomic E-state index is 11.7. The van der Waals surface area contributed by atoms with E-state index in [1.54, 1.807) is 14.1 Å². The highest BCUT2D eigenvalue weighted by molar-refractivity contribution is 5.76. The van der Waals surface area contributed by atoms with Gasteiger partial charge in [0.15, 0.2) is 0 Å². The molecule has 0 aliphatic carbocycles. The second-order valence-corrected chi connectivity index (χ2v) is 7.20. The molecule has 0 bridgehead atoms. The third-order valence-corrected chi connectivity index (χ3v) is 3.67. The molecule has 0 saturated carbocycles. The smallest absolute Gasteiger partial charge is 0.316 e. The number of hydrogen-bond acceptors (Lipinski definition) is 3. The summed E-state index contributed by atoms with van der Waals surface area (Å²) in [4.78, 5) is 24.4. The van der Waals surface area contributed by atoms with E-state index in [4.69, 9.17) is 4.74 Å². The normalized spacial score (nSPS) is 10.9. The summed E-state index contributed by atoms with van der Waals surface area (Å²) in [6.07, 6.45) is 1.05. The SMILES string of the molecule is CN(C)C(=O)NCCNC(=O)CCCOc1ccc(C(C)(C)C)cc1. The van der Waals surface area contributed by atoms with Gasteiger partial charge in [-0.05, 0) is 29.5 Å². The first-order valence-corrected chi connectivity index (χ1v) is 8.65. The first kappa shape index (κ1) is 20.8. The topological polar surface area (TPSA) is 70.7 Å². The molecule has 0 heterocycles. The second kappa shape index (κ2) is 9.91. The number of carbonyl (C=O) groups excluding carboxylic acids is 2. The molecule has 0 radical (unpaired) electrons. The minimum Gasteiger partial charge on any atom is -0.494 e. The lowest BCUT2D eigenvalue weighted by Gasteiger charge is -2.19. The van der Waals surface area contributed by atoms with E-state index in [2.05, 4.69) is 43.5 Å². The largest absolute Gasteiger partial charge is 0.494 e. The van der Waals surface area contributed by atoms with Crippen LogP contribution in [-0.2, 0) is 10.2 Å². The van der Waals surface area contributed by atoms with Gasteiger partial charge in [-0.25, -0.2) is 4.79 Å². The van der Waals surface area contributed by atoms with Crippen molar-refractivity contribution in [1.29, 1.82) is 0 Å². The van der Waals surface area contributed by atoms with E-state index < -0.39 is 0 Å². The standard InChI is InChI=1S/C19H31N3O3/c1-19(2,3)15-8-10-16(11-9-15)25-14-6-7-17(23)20-12-13-21-18(24)22(4)5/h8-11H,6-7,12-14H2,1-5H3,(H,20,23)(H,21,24). The van der Waals surface area contributed by atoms with Gasteiger partial charge in [0.1, 0.15) is 5.75 Å². The molecule has 1 rings (SSSR count). The zero-order chi connectivity index (χ0) is 18.9. The zero-order valence-corrected chi connectivity index (χ0v) is 16.0. The van der Waals surface area contributed by atoms with Gasteiger partial charge in [-0.2, -0.15) is 0 Å². The van der Waals surface area contributed by atoms with E-state index >= 15 is 0 Å². The molecule has 0 fully saturated rings. The van der Waals surface area contributed by atoms with Gasteiger partial charge in [0.25, 0.3) is 0 Å². The van der Waals surface area contributed by atoms with Gasteiger partial charge in [0, 0.05) is 33.6 Å². The molecule has 25 heavy (non-hydrogen) atoms. The summed E-state index contributed by atoms with van der Waals surface area (Å²) >= 11 is 0. The molecule has 0 spiro atoms. The minimum absolute atomic E-state index is 0.0363. The van der Waals surface area contributed by atoms with Crippen LogP contribution in [0.5, 0.6) is 5.75 Å². The third kappa shape index (κ3) is 8.42. The average Bonchev–Trinajstić information content (AvgIpc) is 2.55. The van der Waals surface area contributed by atoms with Crippen molar-refractivity contribution in [3.8, 4) is 5.75 Å². The number of urea groups is 1. The Hall–Kier alpha value is -2.24. The van der Waals surface area contributed by atoms with Gasteiger partial charge in [0.05, 0.1) is 6.61 Å². The lowest BCUT2D eigenvalue weighted by molar-refractivity contribution is -0.121. The fraction of sp³-hybridized carbons (Fsp3) is 0.579. The molecule has 0 aliphatic heterocycles. The summed E-state index contributed by atoms with van der Waals surface area (Å²) in [6.45, 7) is 7.86. The predicted molar refractivity (Wildman–Crippen MR) is 100.0 cm³/mol. The predicted octanol–water partition coefficient (Wildman–Crippen LogP) is 2.53. The summed E-state index contributed by atoms with van der Waals surface area (Å²) in [5.41, 5.74) is 1.39. The Labute approximate surface area is 150 Å². The van der Waals surface area contributed by atoms with Crippen LogP contribution in [0.25, 0.3) is 0 Å².